The molecule has 0 heterocycles. The summed E-state index contributed by atoms with van der Waals surface area (Å²) in [5.41, 5.74) is 7.99. The molecule has 0 spiro atoms. The zero-order chi connectivity index (χ0) is 10.1. The summed E-state index contributed by atoms with van der Waals surface area (Å²) in [6.07, 6.45) is 2.39. The van der Waals surface area contributed by atoms with E-state index in [1.165, 1.54) is 18.4 Å². The van der Waals surface area contributed by atoms with E-state index in [-0.39, 0.29) is 0 Å². The quantitative estimate of drug-likeness (QED) is 0.638. The third kappa shape index (κ3) is 1.98. The molecular weight excluding hydrogens is 240 g/mol. The first kappa shape index (κ1) is 9.71. The van der Waals surface area contributed by atoms with Gasteiger partial charge in [0, 0.05) is 10.4 Å². The highest BCUT2D eigenvalue weighted by Gasteiger charge is 2.25. The Morgan fingerprint density at radius 3 is 2.86 bits per heavy atom. The number of aliphatic imine (C=N–C) groups is 1. The van der Waals surface area contributed by atoms with Crippen molar-refractivity contribution < 1.29 is 0 Å². The number of hydrogen-bond acceptors (Lipinski definition) is 1. The van der Waals surface area contributed by atoms with Crippen molar-refractivity contribution in [1.29, 1.82) is 0 Å². The minimum atomic E-state index is 0.530. The van der Waals surface area contributed by atoms with Crippen LogP contribution in [0.3, 0.4) is 0 Å². The van der Waals surface area contributed by atoms with Gasteiger partial charge in [-0.2, -0.15) is 0 Å². The number of halogens is 1. The van der Waals surface area contributed by atoms with Gasteiger partial charge in [0.15, 0.2) is 0 Å². The van der Waals surface area contributed by atoms with Gasteiger partial charge in [-0.1, -0.05) is 12.1 Å². The van der Waals surface area contributed by atoms with Crippen LogP contribution < -0.4 is 5.73 Å². The summed E-state index contributed by atoms with van der Waals surface area (Å²) < 4.78 is 1.05. The van der Waals surface area contributed by atoms with Crippen molar-refractivity contribution in [2.45, 2.75) is 19.8 Å². The van der Waals surface area contributed by atoms with Crippen molar-refractivity contribution in [2.75, 3.05) is 0 Å². The summed E-state index contributed by atoms with van der Waals surface area (Å²) in [5, 5.41) is 0. The van der Waals surface area contributed by atoms with E-state index in [2.05, 4.69) is 33.9 Å². The van der Waals surface area contributed by atoms with Gasteiger partial charge >= 0.3 is 0 Å². The Labute approximate surface area is 92.4 Å². The predicted octanol–water partition coefficient (Wildman–Crippen LogP) is 3.16. The van der Waals surface area contributed by atoms with Crippen molar-refractivity contribution in [2.24, 2.45) is 16.6 Å². The highest BCUT2D eigenvalue weighted by Crippen LogP contribution is 2.33. The van der Waals surface area contributed by atoms with Crippen LogP contribution in [0.2, 0.25) is 0 Å². The summed E-state index contributed by atoms with van der Waals surface area (Å²) in [5.74, 6) is 1.30. The summed E-state index contributed by atoms with van der Waals surface area (Å²) in [4.78, 5) is 4.43. The summed E-state index contributed by atoms with van der Waals surface area (Å²) in [7, 11) is 0. The van der Waals surface area contributed by atoms with Crippen LogP contribution in [0.15, 0.2) is 27.7 Å². The van der Waals surface area contributed by atoms with Crippen LogP contribution in [0.5, 0.6) is 0 Å². The SMILES string of the molecule is Cc1cccc(N=C(N)C2CC2)c1Br. The van der Waals surface area contributed by atoms with Gasteiger partial charge in [-0.25, -0.2) is 4.99 Å². The topological polar surface area (TPSA) is 38.4 Å². The Morgan fingerprint density at radius 2 is 2.21 bits per heavy atom. The molecule has 1 saturated carbocycles. The van der Waals surface area contributed by atoms with Crippen LogP contribution in [0.25, 0.3) is 0 Å². The third-order valence-corrected chi connectivity index (χ3v) is 3.45. The van der Waals surface area contributed by atoms with Gasteiger partial charge < -0.3 is 5.73 Å². The minimum absolute atomic E-state index is 0.530. The lowest BCUT2D eigenvalue weighted by molar-refractivity contribution is 1.15. The molecule has 0 atom stereocenters. The van der Waals surface area contributed by atoms with E-state index in [4.69, 9.17) is 5.73 Å². The summed E-state index contributed by atoms with van der Waals surface area (Å²) >= 11 is 3.52. The van der Waals surface area contributed by atoms with Crippen molar-refractivity contribution in [3.8, 4) is 0 Å². The van der Waals surface area contributed by atoms with Gasteiger partial charge in [-0.3, -0.25) is 0 Å². The molecule has 0 amide bonds. The second-order valence-electron chi connectivity index (χ2n) is 3.72. The maximum atomic E-state index is 5.86. The lowest BCUT2D eigenvalue weighted by atomic mass is 10.2. The van der Waals surface area contributed by atoms with Crippen molar-refractivity contribution in [1.82, 2.24) is 0 Å². The molecule has 1 aliphatic carbocycles. The second kappa shape index (κ2) is 3.73. The zero-order valence-corrected chi connectivity index (χ0v) is 9.71. The number of nitrogens with zero attached hydrogens (tertiary/aromatic N) is 1. The van der Waals surface area contributed by atoms with Gasteiger partial charge in [0.05, 0.1) is 5.69 Å². The van der Waals surface area contributed by atoms with Gasteiger partial charge in [-0.05, 0) is 47.3 Å². The number of hydrogen-bond donors (Lipinski definition) is 1. The number of aryl methyl sites for hydroxylation is 1. The normalized spacial score (nSPS) is 17.1. The fraction of sp³-hybridized carbons (Fsp3) is 0.364. The van der Waals surface area contributed by atoms with Crippen LogP contribution >= 0.6 is 15.9 Å². The maximum Gasteiger partial charge on any atom is 0.103 e. The average Bonchev–Trinajstić information content (AvgIpc) is 2.95. The lowest BCUT2D eigenvalue weighted by Gasteiger charge is -2.03. The first-order valence-electron chi connectivity index (χ1n) is 4.77. The van der Waals surface area contributed by atoms with Gasteiger partial charge in [0.25, 0.3) is 0 Å². The van der Waals surface area contributed by atoms with Gasteiger partial charge in [0.2, 0.25) is 0 Å². The third-order valence-electron chi connectivity index (χ3n) is 2.42. The van der Waals surface area contributed by atoms with E-state index in [0.29, 0.717) is 5.92 Å². The molecule has 2 N–H and O–H groups in total. The average molecular weight is 253 g/mol. The van der Waals surface area contributed by atoms with Gasteiger partial charge in [-0.15, -0.1) is 0 Å². The second-order valence-corrected chi connectivity index (χ2v) is 4.51. The summed E-state index contributed by atoms with van der Waals surface area (Å²) in [6, 6.07) is 6.03. The molecule has 0 saturated heterocycles. The molecular formula is C11H13BrN2. The largest absolute Gasteiger partial charge is 0.387 e. The highest BCUT2D eigenvalue weighted by atomic mass is 79.9. The Balaban J connectivity index is 2.31. The monoisotopic (exact) mass is 252 g/mol. The fourth-order valence-electron chi connectivity index (χ4n) is 1.33. The zero-order valence-electron chi connectivity index (χ0n) is 8.13. The number of nitrogens with two attached hydrogens (primary N) is 1. The molecule has 0 radical (unpaired) electrons. The molecule has 1 aromatic carbocycles. The van der Waals surface area contributed by atoms with E-state index in [1.807, 2.05) is 12.1 Å². The van der Waals surface area contributed by atoms with E-state index in [0.717, 1.165) is 16.0 Å². The van der Waals surface area contributed by atoms with E-state index >= 15 is 0 Å². The molecule has 2 rings (SSSR count). The van der Waals surface area contributed by atoms with Crippen LogP contribution in [0.1, 0.15) is 18.4 Å². The Morgan fingerprint density at radius 1 is 1.50 bits per heavy atom. The molecule has 2 nitrogen and oxygen atoms in total. The molecule has 1 aromatic rings. The van der Waals surface area contributed by atoms with E-state index in [1.54, 1.807) is 0 Å². The number of rotatable bonds is 2. The summed E-state index contributed by atoms with van der Waals surface area (Å²) in [6.45, 7) is 2.05. The fourth-order valence-corrected chi connectivity index (χ4v) is 1.68. The highest BCUT2D eigenvalue weighted by molar-refractivity contribution is 9.10. The molecule has 0 bridgehead atoms. The van der Waals surface area contributed by atoms with Crippen molar-refractivity contribution >= 4 is 27.5 Å². The molecule has 1 fully saturated rings. The molecule has 0 aliphatic heterocycles. The molecule has 0 unspecified atom stereocenters. The minimum Gasteiger partial charge on any atom is -0.387 e. The Hall–Kier alpha value is -0.830. The molecule has 3 heteroatoms. The van der Waals surface area contributed by atoms with Crippen LogP contribution in [0.4, 0.5) is 5.69 Å². The number of amidine groups is 1. The molecule has 74 valence electrons. The maximum absolute atomic E-state index is 5.86. The Kier molecular flexibility index (Phi) is 2.59. The van der Waals surface area contributed by atoms with Crippen LogP contribution in [-0.4, -0.2) is 5.84 Å². The van der Waals surface area contributed by atoms with E-state index in [9.17, 15) is 0 Å². The molecule has 1 aliphatic rings. The lowest BCUT2D eigenvalue weighted by Crippen LogP contribution is -2.13. The molecule has 0 aromatic heterocycles. The first-order chi connectivity index (χ1) is 6.68. The predicted molar refractivity (Wildman–Crippen MR) is 62.9 cm³/mol. The van der Waals surface area contributed by atoms with Crippen molar-refractivity contribution in [3.63, 3.8) is 0 Å². The Bertz CT molecular complexity index is 381. The van der Waals surface area contributed by atoms with Crippen LogP contribution in [0, 0.1) is 12.8 Å². The van der Waals surface area contributed by atoms with Gasteiger partial charge in [0.1, 0.15) is 5.84 Å². The van der Waals surface area contributed by atoms with Crippen LogP contribution in [-0.2, 0) is 0 Å². The molecule has 14 heavy (non-hydrogen) atoms. The standard InChI is InChI=1S/C11H13BrN2/c1-7-3-2-4-9(10(7)12)14-11(13)8-5-6-8/h2-4,8H,5-6H2,1H3,(H2,13,14). The first-order valence-corrected chi connectivity index (χ1v) is 5.57. The van der Waals surface area contributed by atoms with Crippen molar-refractivity contribution in [3.05, 3.63) is 28.2 Å². The van der Waals surface area contributed by atoms with E-state index < -0.39 is 0 Å². The smallest absolute Gasteiger partial charge is 0.103 e. The number of benzene rings is 1.